The fourth-order valence-electron chi connectivity index (χ4n) is 5.06. The molecule has 1 saturated carbocycles. The maximum Gasteiger partial charge on any atom is 0.407 e. The Hall–Kier alpha value is -3.35. The van der Waals surface area contributed by atoms with E-state index in [4.69, 9.17) is 9.84 Å². The van der Waals surface area contributed by atoms with Crippen molar-refractivity contribution in [1.29, 1.82) is 0 Å². The van der Waals surface area contributed by atoms with Crippen LogP contribution in [0.5, 0.6) is 0 Å². The van der Waals surface area contributed by atoms with Crippen molar-refractivity contribution in [2.24, 2.45) is 5.92 Å². The van der Waals surface area contributed by atoms with Crippen LogP contribution in [-0.2, 0) is 14.3 Å². The molecule has 2 aliphatic carbocycles. The summed E-state index contributed by atoms with van der Waals surface area (Å²) < 4.78 is 5.58. The zero-order chi connectivity index (χ0) is 24.8. The van der Waals surface area contributed by atoms with E-state index in [-0.39, 0.29) is 24.9 Å². The molecule has 0 spiro atoms. The highest BCUT2D eigenvalue weighted by molar-refractivity contribution is 5.80. The average molecular weight is 479 g/mol. The van der Waals surface area contributed by atoms with Gasteiger partial charge in [0.15, 0.2) is 0 Å². The third-order valence-corrected chi connectivity index (χ3v) is 7.27. The van der Waals surface area contributed by atoms with Crippen LogP contribution < -0.4 is 10.6 Å². The summed E-state index contributed by atoms with van der Waals surface area (Å²) in [5.74, 6) is -0.643. The van der Waals surface area contributed by atoms with E-state index in [0.717, 1.165) is 25.7 Å². The van der Waals surface area contributed by atoms with Crippen molar-refractivity contribution in [3.05, 3.63) is 59.7 Å². The number of amides is 2. The minimum Gasteiger partial charge on any atom is -0.481 e. The zero-order valence-electron chi connectivity index (χ0n) is 20.2. The summed E-state index contributed by atoms with van der Waals surface area (Å²) in [5, 5.41) is 14.7. The topological polar surface area (TPSA) is 105 Å². The monoisotopic (exact) mass is 478 g/mol. The van der Waals surface area contributed by atoms with Gasteiger partial charge in [0.25, 0.3) is 0 Å². The molecule has 0 radical (unpaired) electrons. The van der Waals surface area contributed by atoms with Crippen LogP contribution in [0.2, 0.25) is 0 Å². The van der Waals surface area contributed by atoms with Gasteiger partial charge in [0.1, 0.15) is 6.61 Å². The standard InChI is InChI=1S/C28H34N2O5/c1-2-19(11-12-25(31)30-28(14-15-28)17-26(32)33)13-16-29-27(34)35-18-24-22-9-5-3-7-20(22)21-8-4-6-10-23(21)24/h3-10,19,24H,2,11-18H2,1H3,(H,29,34)(H,30,31)(H,32,33). The van der Waals surface area contributed by atoms with E-state index in [0.29, 0.717) is 25.3 Å². The molecule has 3 N–H and O–H groups in total. The van der Waals surface area contributed by atoms with Crippen LogP contribution in [0.1, 0.15) is 68.9 Å². The smallest absolute Gasteiger partial charge is 0.407 e. The summed E-state index contributed by atoms with van der Waals surface area (Å²) in [5.41, 5.74) is 4.23. The molecule has 0 bridgehead atoms. The Balaban J connectivity index is 1.18. The molecule has 0 heterocycles. The summed E-state index contributed by atoms with van der Waals surface area (Å²) in [7, 11) is 0. The number of hydrogen-bond acceptors (Lipinski definition) is 4. The predicted molar refractivity (Wildman–Crippen MR) is 133 cm³/mol. The van der Waals surface area contributed by atoms with Gasteiger partial charge in [-0.15, -0.1) is 0 Å². The second-order valence-electron chi connectivity index (χ2n) is 9.75. The van der Waals surface area contributed by atoms with Crippen molar-refractivity contribution in [2.75, 3.05) is 13.2 Å². The molecule has 1 atom stereocenters. The summed E-state index contributed by atoms with van der Waals surface area (Å²) >= 11 is 0. The SMILES string of the molecule is CCC(CCNC(=O)OCC1c2ccccc2-c2ccccc21)CCC(=O)NC1(CC(=O)O)CC1. The van der Waals surface area contributed by atoms with E-state index in [2.05, 4.69) is 41.8 Å². The van der Waals surface area contributed by atoms with Gasteiger partial charge in [-0.05, 0) is 53.9 Å². The molecular weight excluding hydrogens is 444 g/mol. The predicted octanol–water partition coefficient (Wildman–Crippen LogP) is 4.85. The van der Waals surface area contributed by atoms with Crippen molar-refractivity contribution >= 4 is 18.0 Å². The summed E-state index contributed by atoms with van der Waals surface area (Å²) in [6.07, 6.45) is 3.75. The number of rotatable bonds is 12. The number of nitrogens with one attached hydrogen (secondary N) is 2. The van der Waals surface area contributed by atoms with Crippen LogP contribution in [0.15, 0.2) is 48.5 Å². The third kappa shape index (κ3) is 6.21. The van der Waals surface area contributed by atoms with E-state index in [1.807, 2.05) is 24.3 Å². The second-order valence-corrected chi connectivity index (χ2v) is 9.75. The maximum atomic E-state index is 12.4. The quantitative estimate of drug-likeness (QED) is 0.405. The Morgan fingerprint density at radius 2 is 1.66 bits per heavy atom. The number of ether oxygens (including phenoxy) is 1. The Labute approximate surface area is 206 Å². The molecule has 2 aromatic carbocycles. The molecule has 0 aliphatic heterocycles. The second kappa shape index (κ2) is 10.9. The van der Waals surface area contributed by atoms with Crippen LogP contribution in [0, 0.1) is 5.92 Å². The lowest BCUT2D eigenvalue weighted by molar-refractivity contribution is -0.138. The molecule has 2 amide bonds. The number of alkyl carbamates (subject to hydrolysis) is 1. The lowest BCUT2D eigenvalue weighted by Crippen LogP contribution is -2.38. The van der Waals surface area contributed by atoms with Crippen LogP contribution in [-0.4, -0.2) is 41.8 Å². The zero-order valence-corrected chi connectivity index (χ0v) is 20.2. The molecule has 0 aromatic heterocycles. The van der Waals surface area contributed by atoms with E-state index < -0.39 is 17.6 Å². The lowest BCUT2D eigenvalue weighted by Gasteiger charge is -2.18. The van der Waals surface area contributed by atoms with Gasteiger partial charge in [0.05, 0.1) is 12.0 Å². The molecule has 2 aromatic rings. The Bertz CT molecular complexity index is 1030. The number of aliphatic carboxylic acids is 1. The van der Waals surface area contributed by atoms with Crippen molar-refractivity contribution in [3.63, 3.8) is 0 Å². The fourth-order valence-corrected chi connectivity index (χ4v) is 5.06. The van der Waals surface area contributed by atoms with Crippen molar-refractivity contribution in [3.8, 4) is 11.1 Å². The maximum absolute atomic E-state index is 12.4. The summed E-state index contributed by atoms with van der Waals surface area (Å²) in [6, 6.07) is 16.5. The molecule has 7 heteroatoms. The molecule has 0 saturated heterocycles. The minimum atomic E-state index is -0.881. The first-order valence-corrected chi connectivity index (χ1v) is 12.5. The molecule has 2 aliphatic rings. The molecule has 1 unspecified atom stereocenters. The number of carboxylic acids is 1. The van der Waals surface area contributed by atoms with Crippen LogP contribution in [0.25, 0.3) is 11.1 Å². The van der Waals surface area contributed by atoms with Crippen molar-refractivity contribution in [1.82, 2.24) is 10.6 Å². The van der Waals surface area contributed by atoms with E-state index in [1.54, 1.807) is 0 Å². The van der Waals surface area contributed by atoms with E-state index >= 15 is 0 Å². The highest BCUT2D eigenvalue weighted by Gasteiger charge is 2.45. The Morgan fingerprint density at radius 1 is 1.03 bits per heavy atom. The van der Waals surface area contributed by atoms with Gasteiger partial charge >= 0.3 is 12.1 Å². The molecule has 35 heavy (non-hydrogen) atoms. The van der Waals surface area contributed by atoms with E-state index in [9.17, 15) is 14.4 Å². The third-order valence-electron chi connectivity index (χ3n) is 7.27. The van der Waals surface area contributed by atoms with Gasteiger partial charge in [-0.2, -0.15) is 0 Å². The van der Waals surface area contributed by atoms with Gasteiger partial charge in [-0.25, -0.2) is 4.79 Å². The van der Waals surface area contributed by atoms with Crippen LogP contribution in [0.3, 0.4) is 0 Å². The van der Waals surface area contributed by atoms with Gasteiger partial charge in [-0.3, -0.25) is 9.59 Å². The molecular formula is C28H34N2O5. The number of carbonyl (C=O) groups is 3. The number of fused-ring (bicyclic) bond motifs is 3. The normalized spacial score (nSPS) is 16.0. The van der Waals surface area contributed by atoms with Crippen molar-refractivity contribution < 1.29 is 24.2 Å². The fraction of sp³-hybridized carbons (Fsp3) is 0.464. The first-order chi connectivity index (χ1) is 16.9. The number of benzene rings is 2. The molecule has 1 fully saturated rings. The number of carboxylic acid groups (broad SMARTS) is 1. The van der Waals surface area contributed by atoms with Gasteiger partial charge in [0.2, 0.25) is 5.91 Å². The highest BCUT2D eigenvalue weighted by Crippen LogP contribution is 2.44. The molecule has 7 nitrogen and oxygen atoms in total. The summed E-state index contributed by atoms with van der Waals surface area (Å²) in [4.78, 5) is 35.6. The number of hydrogen-bond donors (Lipinski definition) is 3. The van der Waals surface area contributed by atoms with Gasteiger partial charge < -0.3 is 20.5 Å². The molecule has 4 rings (SSSR count). The Kier molecular flexibility index (Phi) is 7.73. The minimum absolute atomic E-state index is 0.0139. The first-order valence-electron chi connectivity index (χ1n) is 12.5. The van der Waals surface area contributed by atoms with Crippen molar-refractivity contribution in [2.45, 2.75) is 63.3 Å². The van der Waals surface area contributed by atoms with Gasteiger partial charge in [0, 0.05) is 18.9 Å². The summed E-state index contributed by atoms with van der Waals surface area (Å²) in [6.45, 7) is 2.85. The Morgan fingerprint density at radius 3 is 2.23 bits per heavy atom. The molecule has 186 valence electrons. The van der Waals surface area contributed by atoms with E-state index in [1.165, 1.54) is 22.3 Å². The van der Waals surface area contributed by atoms with Gasteiger partial charge in [-0.1, -0.05) is 61.9 Å². The lowest BCUT2D eigenvalue weighted by atomic mass is 9.96. The highest BCUT2D eigenvalue weighted by atomic mass is 16.5. The largest absolute Gasteiger partial charge is 0.481 e. The van der Waals surface area contributed by atoms with Crippen LogP contribution in [0.4, 0.5) is 4.79 Å². The average Bonchev–Trinajstić information content (AvgIpc) is 3.51. The first kappa shape index (κ1) is 24.8. The number of carbonyl (C=O) groups excluding carboxylic acids is 2. The van der Waals surface area contributed by atoms with Crippen LogP contribution >= 0.6 is 0 Å².